The summed E-state index contributed by atoms with van der Waals surface area (Å²) in [5, 5.41) is 16.1. The van der Waals surface area contributed by atoms with Crippen LogP contribution in [0.15, 0.2) is 24.3 Å². The molecular weight excluding hydrogens is 428 g/mol. The van der Waals surface area contributed by atoms with Gasteiger partial charge < -0.3 is 19.7 Å². The minimum atomic E-state index is -0.968. The summed E-state index contributed by atoms with van der Waals surface area (Å²) in [6, 6.07) is 4.48. The van der Waals surface area contributed by atoms with E-state index in [0.29, 0.717) is 6.61 Å². The average molecular weight is 450 g/mol. The van der Waals surface area contributed by atoms with E-state index in [4.69, 9.17) is 21.7 Å². The van der Waals surface area contributed by atoms with Crippen molar-refractivity contribution in [2.75, 3.05) is 26.3 Å². The van der Waals surface area contributed by atoms with Crippen molar-refractivity contribution < 1.29 is 28.8 Å². The SMILES string of the molecule is O=C(CC1C(=O)NCCN1C(=S)NC(=O)c1ccccc1[N+](=O)[O-])OCC1CCCO1. The molecule has 0 radical (unpaired) electrons. The molecule has 3 rings (SSSR count). The van der Waals surface area contributed by atoms with Gasteiger partial charge in [-0.15, -0.1) is 0 Å². The number of benzene rings is 1. The van der Waals surface area contributed by atoms with E-state index in [1.165, 1.54) is 29.2 Å². The highest BCUT2D eigenvalue weighted by Crippen LogP contribution is 2.18. The van der Waals surface area contributed by atoms with Gasteiger partial charge in [-0.3, -0.25) is 29.8 Å². The van der Waals surface area contributed by atoms with E-state index in [9.17, 15) is 24.5 Å². The monoisotopic (exact) mass is 450 g/mol. The van der Waals surface area contributed by atoms with Gasteiger partial charge in [0.2, 0.25) is 5.91 Å². The zero-order chi connectivity index (χ0) is 22.4. The van der Waals surface area contributed by atoms with Crippen LogP contribution in [0.5, 0.6) is 0 Å². The molecule has 0 bridgehead atoms. The highest BCUT2D eigenvalue weighted by Gasteiger charge is 2.35. The number of nitrogens with zero attached hydrogens (tertiary/aromatic N) is 2. The smallest absolute Gasteiger partial charge is 0.308 e. The Balaban J connectivity index is 1.63. The molecule has 2 heterocycles. The van der Waals surface area contributed by atoms with Crippen LogP contribution >= 0.6 is 12.2 Å². The van der Waals surface area contributed by atoms with Gasteiger partial charge in [0.05, 0.1) is 17.4 Å². The molecule has 2 amide bonds. The summed E-state index contributed by atoms with van der Waals surface area (Å²) in [5.41, 5.74) is -0.530. The first kappa shape index (κ1) is 22.6. The summed E-state index contributed by atoms with van der Waals surface area (Å²) in [7, 11) is 0. The Morgan fingerprint density at radius 3 is 2.87 bits per heavy atom. The van der Waals surface area contributed by atoms with E-state index in [1.807, 2.05) is 0 Å². The second-order valence-corrected chi connectivity index (χ2v) is 7.44. The van der Waals surface area contributed by atoms with E-state index in [2.05, 4.69) is 10.6 Å². The van der Waals surface area contributed by atoms with E-state index >= 15 is 0 Å². The first-order valence-electron chi connectivity index (χ1n) is 9.77. The summed E-state index contributed by atoms with van der Waals surface area (Å²) < 4.78 is 10.6. The van der Waals surface area contributed by atoms with Gasteiger partial charge in [0, 0.05) is 25.8 Å². The zero-order valence-electron chi connectivity index (χ0n) is 16.6. The van der Waals surface area contributed by atoms with Gasteiger partial charge in [-0.2, -0.15) is 0 Å². The molecule has 1 aromatic rings. The molecule has 2 fully saturated rings. The number of rotatable bonds is 6. The van der Waals surface area contributed by atoms with Crippen LogP contribution < -0.4 is 10.6 Å². The van der Waals surface area contributed by atoms with E-state index in [-0.39, 0.29) is 48.6 Å². The van der Waals surface area contributed by atoms with E-state index in [1.54, 1.807) is 0 Å². The first-order valence-corrected chi connectivity index (χ1v) is 10.2. The minimum Gasteiger partial charge on any atom is -0.463 e. The number of carbonyl (C=O) groups is 3. The molecule has 0 aliphatic carbocycles. The molecule has 2 atom stereocenters. The van der Waals surface area contributed by atoms with E-state index < -0.39 is 28.7 Å². The van der Waals surface area contributed by atoms with Crippen molar-refractivity contribution in [2.45, 2.75) is 31.4 Å². The van der Waals surface area contributed by atoms with Gasteiger partial charge in [0.1, 0.15) is 18.2 Å². The van der Waals surface area contributed by atoms with E-state index in [0.717, 1.165) is 12.8 Å². The van der Waals surface area contributed by atoms with Crippen molar-refractivity contribution in [2.24, 2.45) is 0 Å². The second-order valence-electron chi connectivity index (χ2n) is 7.06. The number of piperazine rings is 1. The Hall–Kier alpha value is -3.12. The fourth-order valence-electron chi connectivity index (χ4n) is 3.40. The van der Waals surface area contributed by atoms with Gasteiger partial charge in [-0.25, -0.2) is 0 Å². The lowest BCUT2D eigenvalue weighted by Gasteiger charge is -2.36. The van der Waals surface area contributed by atoms with Crippen LogP contribution in [0.4, 0.5) is 5.69 Å². The Labute approximate surface area is 183 Å². The Morgan fingerprint density at radius 1 is 1.39 bits per heavy atom. The van der Waals surface area contributed by atoms with Crippen LogP contribution in [-0.2, 0) is 19.1 Å². The Kier molecular flexibility index (Phi) is 7.47. The topological polar surface area (TPSA) is 140 Å². The van der Waals surface area contributed by atoms with Crippen LogP contribution in [0.2, 0.25) is 0 Å². The molecule has 2 aliphatic rings. The number of amides is 2. The summed E-state index contributed by atoms with van der Waals surface area (Å²) in [4.78, 5) is 49.1. The molecule has 2 unspecified atom stereocenters. The quantitative estimate of drug-likeness (QED) is 0.275. The molecule has 2 N–H and O–H groups in total. The highest BCUT2D eigenvalue weighted by molar-refractivity contribution is 7.80. The highest BCUT2D eigenvalue weighted by atomic mass is 32.1. The van der Waals surface area contributed by atoms with Gasteiger partial charge in [0.15, 0.2) is 5.11 Å². The number of nitro groups is 1. The number of ether oxygens (including phenoxy) is 2. The van der Waals surface area contributed by atoms with Gasteiger partial charge in [-0.05, 0) is 31.1 Å². The number of hydrogen-bond acceptors (Lipinski definition) is 8. The maximum atomic E-state index is 12.5. The largest absolute Gasteiger partial charge is 0.463 e. The average Bonchev–Trinajstić information content (AvgIpc) is 3.27. The number of nitro benzene ring substituents is 1. The maximum Gasteiger partial charge on any atom is 0.308 e. The zero-order valence-corrected chi connectivity index (χ0v) is 17.4. The Bertz CT molecular complexity index is 888. The molecule has 2 saturated heterocycles. The lowest BCUT2D eigenvalue weighted by atomic mass is 10.1. The van der Waals surface area contributed by atoms with Crippen LogP contribution in [0.1, 0.15) is 29.6 Å². The third-order valence-electron chi connectivity index (χ3n) is 4.97. The molecule has 11 nitrogen and oxygen atoms in total. The van der Waals surface area contributed by atoms with Gasteiger partial charge in [0.25, 0.3) is 11.6 Å². The van der Waals surface area contributed by atoms with Crippen LogP contribution in [-0.4, -0.2) is 71.2 Å². The lowest BCUT2D eigenvalue weighted by molar-refractivity contribution is -0.385. The number of thiocarbonyl (C=S) groups is 1. The Morgan fingerprint density at radius 2 is 2.16 bits per heavy atom. The molecule has 12 heteroatoms. The molecule has 31 heavy (non-hydrogen) atoms. The maximum absolute atomic E-state index is 12.5. The number of carbonyl (C=O) groups excluding carboxylic acids is 3. The fraction of sp³-hybridized carbons (Fsp3) is 0.474. The summed E-state index contributed by atoms with van der Waals surface area (Å²) in [5.74, 6) is -1.79. The first-order chi connectivity index (χ1) is 14.9. The molecule has 166 valence electrons. The van der Waals surface area contributed by atoms with Crippen LogP contribution in [0.25, 0.3) is 0 Å². The second kappa shape index (κ2) is 10.3. The fourth-order valence-corrected chi connectivity index (χ4v) is 3.71. The van der Waals surface area contributed by atoms with Crippen LogP contribution in [0.3, 0.4) is 0 Å². The minimum absolute atomic E-state index is 0.102. The summed E-state index contributed by atoms with van der Waals surface area (Å²) in [6.45, 7) is 1.27. The molecule has 0 saturated carbocycles. The predicted octanol–water partition coefficient (Wildman–Crippen LogP) is 0.522. The van der Waals surface area contributed by atoms with Crippen molar-refractivity contribution in [3.05, 3.63) is 39.9 Å². The number of hydrogen-bond donors (Lipinski definition) is 2. The molecule has 0 spiro atoms. The molecular formula is C19H22N4O7S. The molecule has 1 aromatic carbocycles. The summed E-state index contributed by atoms with van der Waals surface area (Å²) in [6.07, 6.45) is 1.32. The normalized spacial score (nSPS) is 20.6. The van der Waals surface area contributed by atoms with Crippen molar-refractivity contribution in [3.8, 4) is 0 Å². The van der Waals surface area contributed by atoms with Crippen molar-refractivity contribution in [1.82, 2.24) is 15.5 Å². The molecule has 0 aromatic heterocycles. The number of para-hydroxylation sites is 1. The summed E-state index contributed by atoms with van der Waals surface area (Å²) >= 11 is 5.27. The van der Waals surface area contributed by atoms with Crippen molar-refractivity contribution in [3.63, 3.8) is 0 Å². The number of nitrogens with one attached hydrogen (secondary N) is 2. The third-order valence-corrected chi connectivity index (χ3v) is 5.31. The van der Waals surface area contributed by atoms with Crippen molar-refractivity contribution >= 4 is 40.8 Å². The predicted molar refractivity (Wildman–Crippen MR) is 111 cm³/mol. The van der Waals surface area contributed by atoms with Crippen LogP contribution in [0, 0.1) is 10.1 Å². The molecule has 2 aliphatic heterocycles. The third kappa shape index (κ3) is 5.73. The number of esters is 1. The lowest BCUT2D eigenvalue weighted by Crippen LogP contribution is -2.60. The standard InChI is InChI=1S/C19H22N4O7S/c24-16(30-11-12-4-3-9-29-12)10-15-18(26)20-7-8-22(15)19(31)21-17(25)13-5-1-2-6-14(13)23(27)28/h1-2,5-6,12,15H,3-4,7-11H2,(H,20,26)(H,21,25,31). The van der Waals surface area contributed by atoms with Gasteiger partial charge in [-0.1, -0.05) is 12.1 Å². The van der Waals surface area contributed by atoms with Gasteiger partial charge >= 0.3 is 5.97 Å². The van der Waals surface area contributed by atoms with Crippen molar-refractivity contribution in [1.29, 1.82) is 0 Å².